The predicted molar refractivity (Wildman–Crippen MR) is 64.9 cm³/mol. The van der Waals surface area contributed by atoms with Gasteiger partial charge in [0.15, 0.2) is 0 Å². The Morgan fingerprint density at radius 2 is 2.14 bits per heavy atom. The molecule has 0 aromatic rings. The molecule has 0 saturated carbocycles. The van der Waals surface area contributed by atoms with Crippen LogP contribution in [0.3, 0.4) is 0 Å². The molecule has 1 N–H and O–H groups in total. The zero-order chi connectivity index (χ0) is 10.0. The van der Waals surface area contributed by atoms with E-state index < -0.39 is 0 Å². The summed E-state index contributed by atoms with van der Waals surface area (Å²) in [6.45, 7) is 6.05. The van der Waals surface area contributed by atoms with Crippen LogP contribution in [0.4, 0.5) is 0 Å². The van der Waals surface area contributed by atoms with Gasteiger partial charge in [-0.2, -0.15) is 11.8 Å². The molecule has 0 aromatic carbocycles. The fourth-order valence-corrected chi connectivity index (χ4v) is 4.80. The predicted octanol–water partition coefficient (Wildman–Crippen LogP) is 3.05. The molecule has 2 aliphatic heterocycles. The fraction of sp³-hybridized carbons (Fsp3) is 1.00. The second-order valence-corrected chi connectivity index (χ2v) is 6.39. The van der Waals surface area contributed by atoms with E-state index in [1.807, 2.05) is 0 Å². The van der Waals surface area contributed by atoms with E-state index in [1.165, 1.54) is 44.4 Å². The van der Waals surface area contributed by atoms with Gasteiger partial charge in [0.05, 0.1) is 0 Å². The first-order valence-corrected chi connectivity index (χ1v) is 7.17. The van der Waals surface area contributed by atoms with Crippen molar-refractivity contribution in [2.75, 3.05) is 12.3 Å². The van der Waals surface area contributed by atoms with Gasteiger partial charge in [0.2, 0.25) is 0 Å². The zero-order valence-electron chi connectivity index (χ0n) is 9.51. The Morgan fingerprint density at radius 1 is 1.29 bits per heavy atom. The second kappa shape index (κ2) is 4.44. The molecule has 1 nitrogen and oxygen atoms in total. The number of rotatable bonds is 2. The molecule has 0 amide bonds. The molecule has 0 aliphatic carbocycles. The van der Waals surface area contributed by atoms with Crippen molar-refractivity contribution in [2.45, 2.75) is 56.7 Å². The van der Waals surface area contributed by atoms with Gasteiger partial charge in [-0.15, -0.1) is 0 Å². The van der Waals surface area contributed by atoms with E-state index in [0.29, 0.717) is 5.54 Å². The van der Waals surface area contributed by atoms with Crippen LogP contribution in [0.15, 0.2) is 0 Å². The summed E-state index contributed by atoms with van der Waals surface area (Å²) < 4.78 is 0. The Morgan fingerprint density at radius 3 is 2.64 bits per heavy atom. The summed E-state index contributed by atoms with van der Waals surface area (Å²) in [5, 5.41) is 4.74. The smallest absolute Gasteiger partial charge is 0.0323 e. The minimum Gasteiger partial charge on any atom is -0.310 e. The van der Waals surface area contributed by atoms with Crippen molar-refractivity contribution in [1.29, 1.82) is 0 Å². The molecular formula is C12H23NS. The molecule has 14 heavy (non-hydrogen) atoms. The van der Waals surface area contributed by atoms with Gasteiger partial charge in [-0.25, -0.2) is 0 Å². The Labute approximate surface area is 92.4 Å². The molecule has 0 bridgehead atoms. The van der Waals surface area contributed by atoms with Crippen molar-refractivity contribution in [2.24, 2.45) is 5.92 Å². The molecule has 82 valence electrons. The number of piperidine rings is 1. The van der Waals surface area contributed by atoms with Crippen molar-refractivity contribution >= 4 is 11.8 Å². The van der Waals surface area contributed by atoms with Gasteiger partial charge >= 0.3 is 0 Å². The number of thioether (sulfide) groups is 1. The lowest BCUT2D eigenvalue weighted by Crippen LogP contribution is -2.58. The molecule has 2 saturated heterocycles. The topological polar surface area (TPSA) is 12.0 Å². The van der Waals surface area contributed by atoms with Crippen LogP contribution in [0, 0.1) is 5.92 Å². The third-order valence-corrected chi connectivity index (χ3v) is 5.59. The van der Waals surface area contributed by atoms with Crippen LogP contribution in [0.25, 0.3) is 0 Å². The summed E-state index contributed by atoms with van der Waals surface area (Å²) >= 11 is 2.21. The van der Waals surface area contributed by atoms with Gasteiger partial charge in [-0.3, -0.25) is 0 Å². The monoisotopic (exact) mass is 213 g/mol. The first-order valence-electron chi connectivity index (χ1n) is 6.12. The lowest BCUT2D eigenvalue weighted by molar-refractivity contribution is 0.176. The van der Waals surface area contributed by atoms with Crippen molar-refractivity contribution < 1.29 is 0 Å². The summed E-state index contributed by atoms with van der Waals surface area (Å²) in [5.74, 6) is 2.18. The third kappa shape index (κ3) is 1.83. The molecule has 0 radical (unpaired) electrons. The maximum Gasteiger partial charge on any atom is 0.0323 e. The lowest BCUT2D eigenvalue weighted by Gasteiger charge is -2.46. The van der Waals surface area contributed by atoms with Gasteiger partial charge in [0.1, 0.15) is 0 Å². The number of hydrogen-bond acceptors (Lipinski definition) is 2. The standard InChI is InChI=1S/C12H23NS/c1-10(2)12(7-3-4-8-13-12)11-6-5-9-14-11/h10-11,13H,3-9H2,1-2H3. The second-order valence-electron chi connectivity index (χ2n) is 5.08. The summed E-state index contributed by atoms with van der Waals surface area (Å²) in [4.78, 5) is 0. The van der Waals surface area contributed by atoms with Crippen LogP contribution in [-0.4, -0.2) is 23.1 Å². The van der Waals surface area contributed by atoms with Crippen LogP contribution in [-0.2, 0) is 0 Å². The summed E-state index contributed by atoms with van der Waals surface area (Å²) in [6.07, 6.45) is 7.10. The zero-order valence-corrected chi connectivity index (χ0v) is 10.3. The highest BCUT2D eigenvalue weighted by molar-refractivity contribution is 8.00. The van der Waals surface area contributed by atoms with Crippen LogP contribution in [0.2, 0.25) is 0 Å². The van der Waals surface area contributed by atoms with Crippen molar-refractivity contribution in [3.05, 3.63) is 0 Å². The Balaban J connectivity index is 2.11. The van der Waals surface area contributed by atoms with E-state index in [0.717, 1.165) is 11.2 Å². The van der Waals surface area contributed by atoms with Crippen LogP contribution >= 0.6 is 11.8 Å². The highest BCUT2D eigenvalue weighted by atomic mass is 32.2. The van der Waals surface area contributed by atoms with Crippen LogP contribution in [0.5, 0.6) is 0 Å². The minimum absolute atomic E-state index is 0.472. The maximum absolute atomic E-state index is 3.85. The van der Waals surface area contributed by atoms with Gasteiger partial charge < -0.3 is 5.32 Å². The molecule has 2 heterocycles. The Hall–Kier alpha value is 0.310. The van der Waals surface area contributed by atoms with Gasteiger partial charge in [-0.1, -0.05) is 20.3 Å². The average Bonchev–Trinajstić information content (AvgIpc) is 2.72. The van der Waals surface area contributed by atoms with Crippen LogP contribution in [0.1, 0.15) is 46.0 Å². The SMILES string of the molecule is CC(C)C1(C2CCCS2)CCCCN1. The average molecular weight is 213 g/mol. The van der Waals surface area contributed by atoms with Crippen molar-refractivity contribution in [1.82, 2.24) is 5.32 Å². The molecule has 2 unspecified atom stereocenters. The van der Waals surface area contributed by atoms with E-state index in [-0.39, 0.29) is 0 Å². The maximum atomic E-state index is 3.85. The van der Waals surface area contributed by atoms with Crippen molar-refractivity contribution in [3.8, 4) is 0 Å². The molecular weight excluding hydrogens is 190 g/mol. The van der Waals surface area contributed by atoms with Gasteiger partial charge in [-0.05, 0) is 43.9 Å². The Bertz CT molecular complexity index is 179. The van der Waals surface area contributed by atoms with E-state index in [1.54, 1.807) is 0 Å². The lowest BCUT2D eigenvalue weighted by atomic mass is 9.75. The van der Waals surface area contributed by atoms with Crippen molar-refractivity contribution in [3.63, 3.8) is 0 Å². The highest BCUT2D eigenvalue weighted by Crippen LogP contribution is 2.42. The number of hydrogen-bond donors (Lipinski definition) is 1. The van der Waals surface area contributed by atoms with Gasteiger partial charge in [0.25, 0.3) is 0 Å². The minimum atomic E-state index is 0.472. The van der Waals surface area contributed by atoms with E-state index in [9.17, 15) is 0 Å². The summed E-state index contributed by atoms with van der Waals surface area (Å²) in [7, 11) is 0. The van der Waals surface area contributed by atoms with Gasteiger partial charge in [0, 0.05) is 10.8 Å². The first kappa shape index (κ1) is 10.8. The fourth-order valence-electron chi connectivity index (χ4n) is 3.08. The summed E-state index contributed by atoms with van der Waals surface area (Å²) in [5.41, 5.74) is 0.472. The van der Waals surface area contributed by atoms with E-state index >= 15 is 0 Å². The quantitative estimate of drug-likeness (QED) is 0.756. The molecule has 2 atom stereocenters. The molecule has 2 rings (SSSR count). The normalized spacial score (nSPS) is 39.2. The third-order valence-electron chi connectivity index (χ3n) is 4.01. The molecule has 0 aromatic heterocycles. The molecule has 2 fully saturated rings. The van der Waals surface area contributed by atoms with Crippen LogP contribution < -0.4 is 5.32 Å². The van der Waals surface area contributed by atoms with E-state index in [4.69, 9.17) is 0 Å². The largest absolute Gasteiger partial charge is 0.310 e. The van der Waals surface area contributed by atoms with E-state index in [2.05, 4.69) is 30.9 Å². The highest BCUT2D eigenvalue weighted by Gasteiger charge is 2.43. The molecule has 2 heteroatoms. The molecule has 0 spiro atoms. The molecule has 2 aliphatic rings. The number of nitrogens with one attached hydrogen (secondary N) is 1. The first-order chi connectivity index (χ1) is 6.76. The summed E-state index contributed by atoms with van der Waals surface area (Å²) in [6, 6.07) is 0. The Kier molecular flexibility index (Phi) is 3.43.